The van der Waals surface area contributed by atoms with Crippen molar-refractivity contribution < 1.29 is 4.79 Å². The Kier molecular flexibility index (Phi) is 4.64. The first-order valence-corrected chi connectivity index (χ1v) is 8.08. The Balaban J connectivity index is 1.67. The predicted octanol–water partition coefficient (Wildman–Crippen LogP) is 0.675. The average molecular weight is 329 g/mol. The lowest BCUT2D eigenvalue weighted by atomic mass is 10.1. The molecule has 1 fully saturated rings. The van der Waals surface area contributed by atoms with Crippen LogP contribution in [-0.2, 0) is 7.05 Å². The zero-order valence-corrected chi connectivity index (χ0v) is 14.3. The van der Waals surface area contributed by atoms with Crippen molar-refractivity contribution in [3.8, 4) is 0 Å². The molecule has 1 aliphatic heterocycles. The van der Waals surface area contributed by atoms with E-state index in [0.717, 1.165) is 37.6 Å². The van der Waals surface area contributed by atoms with Crippen LogP contribution >= 0.6 is 0 Å². The summed E-state index contributed by atoms with van der Waals surface area (Å²) < 4.78 is 1.59. The quantitative estimate of drug-likeness (QED) is 0.888. The van der Waals surface area contributed by atoms with Crippen molar-refractivity contribution >= 4 is 17.5 Å². The number of carbonyl (C=O) groups is 1. The Labute approximate surface area is 141 Å². The summed E-state index contributed by atoms with van der Waals surface area (Å²) in [5, 5.41) is 7.15. The normalized spacial score (nSPS) is 17.6. The third-order valence-corrected chi connectivity index (χ3v) is 4.23. The van der Waals surface area contributed by atoms with Gasteiger partial charge in [-0.15, -0.1) is 0 Å². The first-order chi connectivity index (χ1) is 11.5. The van der Waals surface area contributed by atoms with Gasteiger partial charge >= 0.3 is 0 Å². The molecule has 0 radical (unpaired) electrons. The molecular formula is C16H23N7O. The zero-order valence-electron chi connectivity index (χ0n) is 14.3. The molecule has 0 aliphatic carbocycles. The van der Waals surface area contributed by atoms with Crippen LogP contribution in [0.4, 0.5) is 11.6 Å². The van der Waals surface area contributed by atoms with Crippen molar-refractivity contribution in [2.75, 3.05) is 37.0 Å². The Morgan fingerprint density at radius 3 is 2.92 bits per heavy atom. The van der Waals surface area contributed by atoms with Crippen LogP contribution in [-0.4, -0.2) is 58.9 Å². The number of carbonyl (C=O) groups excluding carboxylic acids is 1. The Morgan fingerprint density at radius 1 is 1.38 bits per heavy atom. The number of anilines is 2. The molecule has 24 heavy (non-hydrogen) atoms. The summed E-state index contributed by atoms with van der Waals surface area (Å²) in [6.07, 6.45) is 5.19. The minimum Gasteiger partial charge on any atom is -0.363 e. The fourth-order valence-electron chi connectivity index (χ4n) is 2.91. The molecule has 8 heteroatoms. The second kappa shape index (κ2) is 6.86. The van der Waals surface area contributed by atoms with Crippen molar-refractivity contribution in [3.63, 3.8) is 0 Å². The van der Waals surface area contributed by atoms with E-state index in [9.17, 15) is 4.79 Å². The van der Waals surface area contributed by atoms with E-state index >= 15 is 0 Å². The van der Waals surface area contributed by atoms with Gasteiger partial charge in [-0.25, -0.2) is 9.97 Å². The summed E-state index contributed by atoms with van der Waals surface area (Å²) in [6, 6.07) is 3.80. The Hall–Kier alpha value is -2.64. The van der Waals surface area contributed by atoms with Gasteiger partial charge in [0.05, 0.1) is 0 Å². The third-order valence-electron chi connectivity index (χ3n) is 4.23. The number of hydrogen-bond acceptors (Lipinski definition) is 6. The van der Waals surface area contributed by atoms with Crippen molar-refractivity contribution in [2.45, 2.75) is 18.9 Å². The fraction of sp³-hybridized carbons (Fsp3) is 0.500. The topological polar surface area (TPSA) is 79.2 Å². The minimum absolute atomic E-state index is 0.0847. The van der Waals surface area contributed by atoms with Crippen LogP contribution in [0.25, 0.3) is 0 Å². The molecule has 1 saturated heterocycles. The van der Waals surface area contributed by atoms with E-state index in [2.05, 4.69) is 25.3 Å². The largest absolute Gasteiger partial charge is 0.363 e. The van der Waals surface area contributed by atoms with Crippen LogP contribution < -0.4 is 15.1 Å². The van der Waals surface area contributed by atoms with E-state index in [1.807, 2.05) is 25.1 Å². The van der Waals surface area contributed by atoms with E-state index in [0.29, 0.717) is 5.69 Å². The maximum atomic E-state index is 12.4. The SMILES string of the molecule is CN(C)c1cc(N2CCCC(NC(=O)c3ccnn3C)C2)ncn1. The number of rotatable bonds is 4. The van der Waals surface area contributed by atoms with Gasteiger partial charge < -0.3 is 15.1 Å². The number of amides is 1. The number of aryl methyl sites for hydroxylation is 1. The number of nitrogens with one attached hydrogen (secondary N) is 1. The molecule has 0 saturated carbocycles. The molecule has 1 N–H and O–H groups in total. The molecule has 1 amide bonds. The predicted molar refractivity (Wildman–Crippen MR) is 92.3 cm³/mol. The third kappa shape index (κ3) is 3.47. The van der Waals surface area contributed by atoms with Crippen LogP contribution in [0.1, 0.15) is 23.3 Å². The highest BCUT2D eigenvalue weighted by molar-refractivity contribution is 5.92. The molecule has 0 bridgehead atoms. The smallest absolute Gasteiger partial charge is 0.269 e. The molecular weight excluding hydrogens is 306 g/mol. The van der Waals surface area contributed by atoms with Gasteiger partial charge in [0.2, 0.25) is 0 Å². The lowest BCUT2D eigenvalue weighted by Gasteiger charge is -2.34. The highest BCUT2D eigenvalue weighted by Gasteiger charge is 2.24. The van der Waals surface area contributed by atoms with Crippen LogP contribution in [0.15, 0.2) is 24.7 Å². The fourth-order valence-corrected chi connectivity index (χ4v) is 2.91. The molecule has 2 aromatic rings. The lowest BCUT2D eigenvalue weighted by Crippen LogP contribution is -2.48. The molecule has 2 aromatic heterocycles. The summed E-state index contributed by atoms with van der Waals surface area (Å²) >= 11 is 0. The van der Waals surface area contributed by atoms with E-state index in [-0.39, 0.29) is 11.9 Å². The standard InChI is InChI=1S/C16H23N7O/c1-21(2)14-9-15(18-11-17-14)23-8-4-5-12(10-23)20-16(24)13-6-7-19-22(13)3/h6-7,9,11-12H,4-5,8,10H2,1-3H3,(H,20,24). The van der Waals surface area contributed by atoms with Crippen LogP contribution in [0.2, 0.25) is 0 Å². The Bertz CT molecular complexity index is 712. The van der Waals surface area contributed by atoms with E-state index in [1.54, 1.807) is 30.3 Å². The van der Waals surface area contributed by atoms with Crippen LogP contribution in [0.5, 0.6) is 0 Å². The van der Waals surface area contributed by atoms with Crippen LogP contribution in [0, 0.1) is 0 Å². The summed E-state index contributed by atoms with van der Waals surface area (Å²) in [5.74, 6) is 1.69. The number of aromatic nitrogens is 4. The monoisotopic (exact) mass is 329 g/mol. The average Bonchev–Trinajstić information content (AvgIpc) is 3.01. The number of hydrogen-bond donors (Lipinski definition) is 1. The molecule has 0 spiro atoms. The summed E-state index contributed by atoms with van der Waals surface area (Å²) in [7, 11) is 5.68. The molecule has 1 atom stereocenters. The maximum absolute atomic E-state index is 12.4. The van der Waals surface area contributed by atoms with Gasteiger partial charge in [-0.1, -0.05) is 0 Å². The molecule has 3 rings (SSSR count). The Morgan fingerprint density at radius 2 is 2.21 bits per heavy atom. The van der Waals surface area contributed by atoms with Crippen molar-refractivity contribution in [2.24, 2.45) is 7.05 Å². The van der Waals surface area contributed by atoms with Crippen LogP contribution in [0.3, 0.4) is 0 Å². The maximum Gasteiger partial charge on any atom is 0.269 e. The zero-order chi connectivity index (χ0) is 17.1. The van der Waals surface area contributed by atoms with Crippen molar-refractivity contribution in [3.05, 3.63) is 30.4 Å². The van der Waals surface area contributed by atoms with E-state index < -0.39 is 0 Å². The lowest BCUT2D eigenvalue weighted by molar-refractivity contribution is 0.0923. The van der Waals surface area contributed by atoms with Gasteiger partial charge in [0.1, 0.15) is 23.7 Å². The molecule has 0 aromatic carbocycles. The first-order valence-electron chi connectivity index (χ1n) is 8.08. The van der Waals surface area contributed by atoms with Gasteiger partial charge in [-0.3, -0.25) is 9.48 Å². The first kappa shape index (κ1) is 16.2. The van der Waals surface area contributed by atoms with Crippen molar-refractivity contribution in [1.29, 1.82) is 0 Å². The van der Waals surface area contributed by atoms with Crippen molar-refractivity contribution in [1.82, 2.24) is 25.1 Å². The highest BCUT2D eigenvalue weighted by atomic mass is 16.2. The second-order valence-corrected chi connectivity index (χ2v) is 6.23. The van der Waals surface area contributed by atoms with Gasteiger partial charge in [0, 0.05) is 52.5 Å². The second-order valence-electron chi connectivity index (χ2n) is 6.23. The molecule has 1 unspecified atom stereocenters. The number of piperidine rings is 1. The highest BCUT2D eigenvalue weighted by Crippen LogP contribution is 2.20. The van der Waals surface area contributed by atoms with Gasteiger partial charge in [0.15, 0.2) is 0 Å². The number of nitrogens with zero attached hydrogens (tertiary/aromatic N) is 6. The molecule has 3 heterocycles. The molecule has 128 valence electrons. The molecule has 1 aliphatic rings. The summed E-state index contributed by atoms with van der Waals surface area (Å²) in [5.41, 5.74) is 0.573. The van der Waals surface area contributed by atoms with E-state index in [4.69, 9.17) is 0 Å². The van der Waals surface area contributed by atoms with Gasteiger partial charge in [-0.2, -0.15) is 5.10 Å². The molecule has 8 nitrogen and oxygen atoms in total. The summed E-state index contributed by atoms with van der Waals surface area (Å²) in [4.78, 5) is 25.2. The van der Waals surface area contributed by atoms with Gasteiger partial charge in [-0.05, 0) is 18.9 Å². The van der Waals surface area contributed by atoms with E-state index in [1.165, 1.54) is 0 Å². The minimum atomic E-state index is -0.0847. The van der Waals surface area contributed by atoms with Gasteiger partial charge in [0.25, 0.3) is 5.91 Å². The summed E-state index contributed by atoms with van der Waals surface area (Å²) in [6.45, 7) is 1.68.